The highest BCUT2D eigenvalue weighted by molar-refractivity contribution is 9.09. The highest BCUT2D eigenvalue weighted by atomic mass is 79.9. The zero-order valence-corrected chi connectivity index (χ0v) is 8.33. The number of hydrogen-bond acceptors (Lipinski definition) is 2. The second-order valence-electron chi connectivity index (χ2n) is 2.26. The Morgan fingerprint density at radius 1 is 1.60 bits per heavy atom. The maximum atomic E-state index is 10.6. The first-order valence-corrected chi connectivity index (χ1v) is 6.04. The van der Waals surface area contributed by atoms with E-state index in [-0.39, 0.29) is 5.75 Å². The van der Waals surface area contributed by atoms with Crippen LogP contribution in [0.15, 0.2) is 12.2 Å². The summed E-state index contributed by atoms with van der Waals surface area (Å²) in [6, 6.07) is 0. The fraction of sp³-hybridized carbons (Fsp3) is 0.667. The molecule has 0 saturated heterocycles. The Bertz CT molecular complexity index is 206. The van der Waals surface area contributed by atoms with E-state index >= 15 is 0 Å². The van der Waals surface area contributed by atoms with Gasteiger partial charge in [0.15, 0.2) is 0 Å². The van der Waals surface area contributed by atoms with E-state index in [2.05, 4.69) is 22.5 Å². The number of rotatable bonds is 4. The molecule has 0 aromatic carbocycles. The standard InChI is InChI=1S/C6H11BrO2S/c1-6(5-7)3-4-10(2,8)9/h1,3-5H2,2H3. The topological polar surface area (TPSA) is 34.1 Å². The molecule has 0 atom stereocenters. The predicted molar refractivity (Wildman–Crippen MR) is 47.3 cm³/mol. The van der Waals surface area contributed by atoms with Crippen LogP contribution >= 0.6 is 15.9 Å². The third kappa shape index (κ3) is 6.29. The number of alkyl halides is 1. The first-order valence-electron chi connectivity index (χ1n) is 2.86. The normalized spacial score (nSPS) is 11.4. The molecule has 0 bridgehead atoms. The van der Waals surface area contributed by atoms with E-state index in [4.69, 9.17) is 0 Å². The van der Waals surface area contributed by atoms with Gasteiger partial charge in [0, 0.05) is 11.6 Å². The van der Waals surface area contributed by atoms with Crippen LogP contribution < -0.4 is 0 Å². The van der Waals surface area contributed by atoms with Crippen LogP contribution in [-0.2, 0) is 9.84 Å². The summed E-state index contributed by atoms with van der Waals surface area (Å²) in [4.78, 5) is 0. The molecule has 0 rings (SSSR count). The summed E-state index contributed by atoms with van der Waals surface area (Å²) in [6.07, 6.45) is 1.79. The van der Waals surface area contributed by atoms with Crippen LogP contribution in [0.25, 0.3) is 0 Å². The zero-order chi connectivity index (χ0) is 8.20. The van der Waals surface area contributed by atoms with Gasteiger partial charge in [-0.3, -0.25) is 0 Å². The van der Waals surface area contributed by atoms with E-state index in [9.17, 15) is 8.42 Å². The van der Waals surface area contributed by atoms with Crippen LogP contribution in [0.1, 0.15) is 6.42 Å². The summed E-state index contributed by atoms with van der Waals surface area (Å²) in [5.74, 6) is 0.206. The van der Waals surface area contributed by atoms with Crippen molar-refractivity contribution in [3.63, 3.8) is 0 Å². The van der Waals surface area contributed by atoms with Crippen molar-refractivity contribution in [1.29, 1.82) is 0 Å². The lowest BCUT2D eigenvalue weighted by Gasteiger charge is -1.98. The van der Waals surface area contributed by atoms with E-state index in [0.29, 0.717) is 11.8 Å². The van der Waals surface area contributed by atoms with Crippen molar-refractivity contribution in [2.24, 2.45) is 0 Å². The minimum atomic E-state index is -2.81. The first kappa shape index (κ1) is 10.2. The molecule has 0 radical (unpaired) electrons. The fourth-order valence-electron chi connectivity index (χ4n) is 0.397. The number of halogens is 1. The molecule has 0 spiro atoms. The molecule has 0 unspecified atom stereocenters. The average Bonchev–Trinajstić information content (AvgIpc) is 1.81. The molecular weight excluding hydrogens is 216 g/mol. The highest BCUT2D eigenvalue weighted by Crippen LogP contribution is 2.03. The van der Waals surface area contributed by atoms with Gasteiger partial charge < -0.3 is 0 Å². The molecule has 4 heteroatoms. The second-order valence-corrected chi connectivity index (χ2v) is 5.08. The molecule has 0 fully saturated rings. The van der Waals surface area contributed by atoms with Gasteiger partial charge in [-0.25, -0.2) is 8.42 Å². The molecule has 10 heavy (non-hydrogen) atoms. The maximum Gasteiger partial charge on any atom is 0.147 e. The first-order chi connectivity index (χ1) is 4.45. The molecule has 2 nitrogen and oxygen atoms in total. The summed E-state index contributed by atoms with van der Waals surface area (Å²) < 4.78 is 21.2. The monoisotopic (exact) mass is 226 g/mol. The lowest BCUT2D eigenvalue weighted by molar-refractivity contribution is 0.601. The van der Waals surface area contributed by atoms with Crippen molar-refractivity contribution in [3.8, 4) is 0 Å². The molecule has 0 aromatic heterocycles. The maximum absolute atomic E-state index is 10.6. The van der Waals surface area contributed by atoms with Gasteiger partial charge in [-0.2, -0.15) is 0 Å². The lowest BCUT2D eigenvalue weighted by Crippen LogP contribution is -2.03. The minimum Gasteiger partial charge on any atom is -0.229 e. The molecule has 0 amide bonds. The average molecular weight is 227 g/mol. The van der Waals surface area contributed by atoms with E-state index in [1.54, 1.807) is 0 Å². The number of sulfone groups is 1. The Morgan fingerprint density at radius 3 is 2.40 bits per heavy atom. The third-order valence-electron chi connectivity index (χ3n) is 1.02. The SMILES string of the molecule is C=C(CBr)CCS(C)(=O)=O. The molecule has 60 valence electrons. The van der Waals surface area contributed by atoms with Gasteiger partial charge in [0.05, 0.1) is 5.75 Å². The Morgan fingerprint density at radius 2 is 2.10 bits per heavy atom. The third-order valence-corrected chi connectivity index (χ3v) is 2.75. The van der Waals surface area contributed by atoms with Gasteiger partial charge in [-0.1, -0.05) is 28.1 Å². The van der Waals surface area contributed by atoms with Gasteiger partial charge in [0.25, 0.3) is 0 Å². The van der Waals surface area contributed by atoms with Crippen molar-refractivity contribution in [3.05, 3.63) is 12.2 Å². The highest BCUT2D eigenvalue weighted by Gasteiger charge is 2.01. The lowest BCUT2D eigenvalue weighted by atomic mass is 10.3. The number of hydrogen-bond donors (Lipinski definition) is 0. The molecule has 0 N–H and O–H groups in total. The Balaban J connectivity index is 3.67. The molecule has 0 aliphatic carbocycles. The van der Waals surface area contributed by atoms with E-state index in [1.807, 2.05) is 0 Å². The van der Waals surface area contributed by atoms with E-state index < -0.39 is 9.84 Å². The summed E-state index contributed by atoms with van der Waals surface area (Å²) in [5, 5.41) is 0.683. The van der Waals surface area contributed by atoms with E-state index in [0.717, 1.165) is 5.57 Å². The van der Waals surface area contributed by atoms with Crippen LogP contribution in [-0.4, -0.2) is 25.8 Å². The molecule has 0 aromatic rings. The smallest absolute Gasteiger partial charge is 0.147 e. The molecular formula is C6H11BrO2S. The molecule has 0 aliphatic heterocycles. The van der Waals surface area contributed by atoms with Crippen molar-refractivity contribution < 1.29 is 8.42 Å². The molecule has 0 saturated carbocycles. The molecule has 0 aliphatic rings. The Hall–Kier alpha value is 0.170. The summed E-state index contributed by atoms with van der Waals surface area (Å²) in [7, 11) is -2.81. The van der Waals surface area contributed by atoms with Crippen LogP contribution in [0.5, 0.6) is 0 Å². The Labute approximate surface area is 70.4 Å². The van der Waals surface area contributed by atoms with Crippen LogP contribution in [0.4, 0.5) is 0 Å². The zero-order valence-electron chi connectivity index (χ0n) is 5.93. The second kappa shape index (κ2) is 4.13. The van der Waals surface area contributed by atoms with Gasteiger partial charge >= 0.3 is 0 Å². The Kier molecular flexibility index (Phi) is 4.20. The minimum absolute atomic E-state index is 0.206. The predicted octanol–water partition coefficient (Wildman–Crippen LogP) is 1.37. The van der Waals surface area contributed by atoms with Gasteiger partial charge in [-0.15, -0.1) is 0 Å². The van der Waals surface area contributed by atoms with Gasteiger partial charge in [-0.05, 0) is 6.42 Å². The van der Waals surface area contributed by atoms with Crippen LogP contribution in [0.3, 0.4) is 0 Å². The van der Waals surface area contributed by atoms with E-state index in [1.165, 1.54) is 6.26 Å². The largest absolute Gasteiger partial charge is 0.229 e. The van der Waals surface area contributed by atoms with Gasteiger partial charge in [0.1, 0.15) is 9.84 Å². The van der Waals surface area contributed by atoms with Crippen molar-refractivity contribution in [2.75, 3.05) is 17.3 Å². The summed E-state index contributed by atoms with van der Waals surface area (Å²) >= 11 is 3.19. The van der Waals surface area contributed by atoms with Crippen molar-refractivity contribution in [2.45, 2.75) is 6.42 Å². The fourth-order valence-corrected chi connectivity index (χ4v) is 1.34. The van der Waals surface area contributed by atoms with Crippen molar-refractivity contribution in [1.82, 2.24) is 0 Å². The van der Waals surface area contributed by atoms with Crippen molar-refractivity contribution >= 4 is 25.8 Å². The van der Waals surface area contributed by atoms with Crippen LogP contribution in [0, 0.1) is 0 Å². The van der Waals surface area contributed by atoms with Gasteiger partial charge in [0.2, 0.25) is 0 Å². The summed E-state index contributed by atoms with van der Waals surface area (Å²) in [6.45, 7) is 3.66. The number of allylic oxidation sites excluding steroid dienone is 1. The quantitative estimate of drug-likeness (QED) is 0.537. The summed E-state index contributed by atoms with van der Waals surface area (Å²) in [5.41, 5.74) is 0.922. The molecule has 0 heterocycles. The van der Waals surface area contributed by atoms with Crippen LogP contribution in [0.2, 0.25) is 0 Å².